The van der Waals surface area contributed by atoms with E-state index in [2.05, 4.69) is 40.7 Å². The number of Topliss-reactive ketones (excluding diaryl/α,β-unsaturated/α-hetero) is 1. The second kappa shape index (κ2) is 5.72. The fourth-order valence-corrected chi connectivity index (χ4v) is 8.20. The van der Waals surface area contributed by atoms with Crippen molar-refractivity contribution in [3.8, 4) is 0 Å². The van der Waals surface area contributed by atoms with Gasteiger partial charge in [0.1, 0.15) is 0 Å². The van der Waals surface area contributed by atoms with Crippen LogP contribution in [0.15, 0.2) is 11.6 Å². The molecule has 0 radical (unpaired) electrons. The molecule has 4 fully saturated rings. The Labute approximate surface area is 170 Å². The highest BCUT2D eigenvalue weighted by Gasteiger charge is 2.80. The summed E-state index contributed by atoms with van der Waals surface area (Å²) < 4.78 is 12.0. The smallest absolute Gasteiger partial charge is 0.173 e. The molecule has 1 saturated heterocycles. The number of hydrogen-bond acceptors (Lipinski definition) is 3. The number of rotatable bonds is 2. The van der Waals surface area contributed by atoms with Crippen LogP contribution < -0.4 is 0 Å². The minimum absolute atomic E-state index is 0.0225. The molecule has 0 N–H and O–H groups in total. The number of allylic oxidation sites excluding steroid dienone is 1. The van der Waals surface area contributed by atoms with Gasteiger partial charge in [-0.3, -0.25) is 4.79 Å². The zero-order valence-electron chi connectivity index (χ0n) is 18.6. The lowest BCUT2D eigenvalue weighted by atomic mass is 9.46. The number of fused-ring (bicyclic) bond motifs is 7. The zero-order valence-corrected chi connectivity index (χ0v) is 18.6. The van der Waals surface area contributed by atoms with E-state index in [9.17, 15) is 4.79 Å². The third-order valence-electron chi connectivity index (χ3n) is 9.84. The standard InChI is InChI=1S/C25H38O3/c1-22(2,3)21(26)25-20(28-25)14-19-17-8-7-15-13-16(27-6)9-11-23(15,4)18(17)10-12-24(19,25)5/h7,16-20H,8-14H2,1-6H3/t16-,17+,18-,19-,20+,23-,24-,25-/m0/s1. The van der Waals surface area contributed by atoms with Crippen LogP contribution in [0.4, 0.5) is 0 Å². The fourth-order valence-electron chi connectivity index (χ4n) is 8.20. The summed E-state index contributed by atoms with van der Waals surface area (Å²) in [6.45, 7) is 11.1. The molecule has 4 aliphatic carbocycles. The molecule has 5 aliphatic rings. The first-order valence-electron chi connectivity index (χ1n) is 11.5. The van der Waals surface area contributed by atoms with E-state index >= 15 is 0 Å². The van der Waals surface area contributed by atoms with Crippen LogP contribution in [0.2, 0.25) is 0 Å². The zero-order chi connectivity index (χ0) is 20.1. The third kappa shape index (κ3) is 2.21. The van der Waals surface area contributed by atoms with Crippen LogP contribution in [0.3, 0.4) is 0 Å². The molecule has 1 aliphatic heterocycles. The van der Waals surface area contributed by atoms with Crippen LogP contribution >= 0.6 is 0 Å². The number of methoxy groups -OCH3 is 1. The van der Waals surface area contributed by atoms with Gasteiger partial charge in [0.05, 0.1) is 12.2 Å². The third-order valence-corrected chi connectivity index (χ3v) is 9.84. The summed E-state index contributed by atoms with van der Waals surface area (Å²) in [5.41, 5.74) is 1.21. The number of carbonyl (C=O) groups is 1. The van der Waals surface area contributed by atoms with E-state index < -0.39 is 5.60 Å². The van der Waals surface area contributed by atoms with E-state index in [1.807, 2.05) is 7.11 Å². The Morgan fingerprint density at radius 2 is 1.93 bits per heavy atom. The van der Waals surface area contributed by atoms with E-state index in [1.54, 1.807) is 5.57 Å². The second-order valence-corrected chi connectivity index (χ2v) is 12.0. The van der Waals surface area contributed by atoms with Gasteiger partial charge < -0.3 is 9.47 Å². The summed E-state index contributed by atoms with van der Waals surface area (Å²) in [7, 11) is 1.86. The molecule has 3 nitrogen and oxygen atoms in total. The largest absolute Gasteiger partial charge is 0.381 e. The molecule has 3 saturated carbocycles. The normalized spacial score (nSPS) is 52.1. The first-order valence-corrected chi connectivity index (χ1v) is 11.5. The maximum atomic E-state index is 13.5. The highest BCUT2D eigenvalue weighted by molar-refractivity contribution is 5.96. The Hall–Kier alpha value is -0.670. The summed E-state index contributed by atoms with van der Waals surface area (Å²) in [6, 6.07) is 0. The van der Waals surface area contributed by atoms with Crippen LogP contribution in [-0.4, -0.2) is 30.7 Å². The van der Waals surface area contributed by atoms with Crippen LogP contribution in [0.25, 0.3) is 0 Å². The number of epoxide rings is 1. The van der Waals surface area contributed by atoms with Crippen molar-refractivity contribution in [3.05, 3.63) is 11.6 Å². The van der Waals surface area contributed by atoms with E-state index in [0.29, 0.717) is 29.1 Å². The fraction of sp³-hybridized carbons (Fsp3) is 0.880. The molecule has 8 atom stereocenters. The number of hydrogen-bond donors (Lipinski definition) is 0. The van der Waals surface area contributed by atoms with Gasteiger partial charge in [0.25, 0.3) is 0 Å². The molecule has 5 rings (SSSR count). The molecule has 1 heterocycles. The summed E-state index contributed by atoms with van der Waals surface area (Å²) in [4.78, 5) is 13.5. The molecular formula is C25H38O3. The monoisotopic (exact) mass is 386 g/mol. The molecule has 156 valence electrons. The van der Waals surface area contributed by atoms with Gasteiger partial charge in [-0.05, 0) is 68.1 Å². The molecule has 0 spiro atoms. The van der Waals surface area contributed by atoms with Crippen LogP contribution in [-0.2, 0) is 14.3 Å². The first kappa shape index (κ1) is 19.3. The van der Waals surface area contributed by atoms with Crippen LogP contribution in [0.1, 0.15) is 79.6 Å². The average Bonchev–Trinajstić information content (AvgIpc) is 3.31. The summed E-state index contributed by atoms with van der Waals surface area (Å²) in [5, 5.41) is 0. The average molecular weight is 387 g/mol. The van der Waals surface area contributed by atoms with Crippen LogP contribution in [0, 0.1) is 34.0 Å². The van der Waals surface area contributed by atoms with Crippen molar-refractivity contribution in [2.75, 3.05) is 7.11 Å². The van der Waals surface area contributed by atoms with Gasteiger partial charge in [0, 0.05) is 17.9 Å². The minimum Gasteiger partial charge on any atom is -0.381 e. The molecule has 0 aromatic heterocycles. The van der Waals surface area contributed by atoms with Gasteiger partial charge in [-0.2, -0.15) is 0 Å². The maximum Gasteiger partial charge on any atom is 0.173 e. The van der Waals surface area contributed by atoms with Crippen LogP contribution in [0.5, 0.6) is 0 Å². The lowest BCUT2D eigenvalue weighted by molar-refractivity contribution is -0.145. The lowest BCUT2D eigenvalue weighted by Gasteiger charge is -2.58. The molecule has 28 heavy (non-hydrogen) atoms. The summed E-state index contributed by atoms with van der Waals surface area (Å²) in [5.74, 6) is 2.47. The summed E-state index contributed by atoms with van der Waals surface area (Å²) >= 11 is 0. The first-order chi connectivity index (χ1) is 13.1. The van der Waals surface area contributed by atoms with Gasteiger partial charge in [0.2, 0.25) is 0 Å². The minimum atomic E-state index is -0.487. The second-order valence-electron chi connectivity index (χ2n) is 12.0. The highest BCUT2D eigenvalue weighted by atomic mass is 16.6. The quantitative estimate of drug-likeness (QED) is 0.476. The van der Waals surface area contributed by atoms with Crippen molar-refractivity contribution in [1.29, 1.82) is 0 Å². The van der Waals surface area contributed by atoms with Crippen molar-refractivity contribution in [2.24, 2.45) is 34.0 Å². The molecular weight excluding hydrogens is 348 g/mol. The summed E-state index contributed by atoms with van der Waals surface area (Å²) in [6.07, 6.45) is 11.4. The Balaban J connectivity index is 1.47. The van der Waals surface area contributed by atoms with Gasteiger partial charge in [-0.25, -0.2) is 0 Å². The van der Waals surface area contributed by atoms with E-state index in [0.717, 1.165) is 25.2 Å². The van der Waals surface area contributed by atoms with E-state index in [4.69, 9.17) is 9.47 Å². The molecule has 0 aromatic carbocycles. The van der Waals surface area contributed by atoms with Crippen molar-refractivity contribution in [2.45, 2.75) is 97.4 Å². The van der Waals surface area contributed by atoms with E-state index in [1.165, 1.54) is 25.7 Å². The van der Waals surface area contributed by atoms with Gasteiger partial charge in [0.15, 0.2) is 11.4 Å². The van der Waals surface area contributed by atoms with Gasteiger partial charge >= 0.3 is 0 Å². The van der Waals surface area contributed by atoms with Gasteiger partial charge in [-0.1, -0.05) is 46.3 Å². The lowest BCUT2D eigenvalue weighted by Crippen LogP contribution is -2.56. The number of ketones is 1. The Bertz CT molecular complexity index is 733. The molecule has 0 unspecified atom stereocenters. The van der Waals surface area contributed by atoms with Crippen molar-refractivity contribution in [1.82, 2.24) is 0 Å². The van der Waals surface area contributed by atoms with Crippen molar-refractivity contribution < 1.29 is 14.3 Å². The topological polar surface area (TPSA) is 38.8 Å². The number of carbonyl (C=O) groups excluding carboxylic acids is 1. The van der Waals surface area contributed by atoms with E-state index in [-0.39, 0.29) is 16.9 Å². The molecule has 0 amide bonds. The molecule has 0 bridgehead atoms. The van der Waals surface area contributed by atoms with Crippen molar-refractivity contribution >= 4 is 5.78 Å². The Kier molecular flexibility index (Phi) is 3.95. The maximum absolute atomic E-state index is 13.5. The van der Waals surface area contributed by atoms with Crippen molar-refractivity contribution in [3.63, 3.8) is 0 Å². The SMILES string of the molecule is CO[C@H]1CC[C@@]2(C)C(=CC[C@@H]3[C@@H]2CC[C@@]2(C)[C@H]3C[C@H]3O[C@]32C(=O)C(C)(C)C)C1. The Morgan fingerprint density at radius 1 is 1.18 bits per heavy atom. The predicted molar refractivity (Wildman–Crippen MR) is 110 cm³/mol. The molecule has 0 aromatic rings. The molecule has 3 heteroatoms. The Morgan fingerprint density at radius 3 is 2.61 bits per heavy atom. The number of ether oxygens (including phenoxy) is 2. The van der Waals surface area contributed by atoms with Gasteiger partial charge in [-0.15, -0.1) is 0 Å². The highest BCUT2D eigenvalue weighted by Crippen LogP contribution is 2.74. The predicted octanol–water partition coefficient (Wildman–Crippen LogP) is 5.33.